The van der Waals surface area contributed by atoms with Crippen LogP contribution in [-0.4, -0.2) is 35.0 Å². The van der Waals surface area contributed by atoms with Crippen molar-refractivity contribution >= 4 is 11.9 Å². The van der Waals surface area contributed by atoms with Crippen molar-refractivity contribution in [3.05, 3.63) is 0 Å². The molecule has 4 nitrogen and oxygen atoms in total. The van der Waals surface area contributed by atoms with Crippen LogP contribution in [0.4, 0.5) is 0 Å². The number of carboxylic acid groups (broad SMARTS) is 1. The third-order valence-corrected chi connectivity index (χ3v) is 4.63. The Morgan fingerprint density at radius 3 is 2.37 bits per heavy atom. The largest absolute Gasteiger partial charge is 0.481 e. The Balaban J connectivity index is 2.61. The lowest BCUT2D eigenvalue weighted by Crippen LogP contribution is -2.38. The molecule has 1 atom stereocenters. The van der Waals surface area contributed by atoms with Gasteiger partial charge in [-0.1, -0.05) is 27.2 Å². The second-order valence-electron chi connectivity index (χ2n) is 5.75. The number of likely N-dealkylation sites (tertiary alicyclic amines) is 1. The highest BCUT2D eigenvalue weighted by Gasteiger charge is 2.39. The Kier molecular flexibility index (Phi) is 5.83. The fourth-order valence-electron chi connectivity index (χ4n) is 2.98. The summed E-state index contributed by atoms with van der Waals surface area (Å²) < 4.78 is 0. The summed E-state index contributed by atoms with van der Waals surface area (Å²) in [4.78, 5) is 25.6. The molecule has 1 aliphatic heterocycles. The molecular formula is C15H27NO3. The molecule has 1 fully saturated rings. The van der Waals surface area contributed by atoms with Crippen LogP contribution in [0, 0.1) is 11.3 Å². The summed E-state index contributed by atoms with van der Waals surface area (Å²) in [7, 11) is 0. The van der Waals surface area contributed by atoms with E-state index in [-0.39, 0.29) is 12.3 Å². The zero-order valence-corrected chi connectivity index (χ0v) is 12.4. The molecule has 0 spiro atoms. The van der Waals surface area contributed by atoms with Crippen molar-refractivity contribution in [1.82, 2.24) is 4.90 Å². The maximum absolute atomic E-state index is 12.3. The average molecular weight is 269 g/mol. The Labute approximate surface area is 116 Å². The van der Waals surface area contributed by atoms with Crippen LogP contribution in [0.1, 0.15) is 59.3 Å². The number of hydrogen-bond acceptors (Lipinski definition) is 2. The van der Waals surface area contributed by atoms with Gasteiger partial charge in [-0.05, 0) is 31.6 Å². The highest BCUT2D eigenvalue weighted by Crippen LogP contribution is 2.33. The summed E-state index contributed by atoms with van der Waals surface area (Å²) in [5.74, 6) is -0.212. The molecule has 19 heavy (non-hydrogen) atoms. The van der Waals surface area contributed by atoms with E-state index in [1.165, 1.54) is 0 Å². The number of aliphatic carboxylic acids is 1. The first-order chi connectivity index (χ1) is 8.99. The van der Waals surface area contributed by atoms with Crippen LogP contribution >= 0.6 is 0 Å². The number of carbonyl (C=O) groups excluding carboxylic acids is 1. The van der Waals surface area contributed by atoms with Gasteiger partial charge in [0.2, 0.25) is 5.91 Å². The van der Waals surface area contributed by atoms with Gasteiger partial charge in [0.1, 0.15) is 0 Å². The summed E-state index contributed by atoms with van der Waals surface area (Å²) in [5.41, 5.74) is -0.875. The Morgan fingerprint density at radius 2 is 1.89 bits per heavy atom. The van der Waals surface area contributed by atoms with Crippen LogP contribution in [-0.2, 0) is 9.59 Å². The molecule has 1 rings (SSSR count). The van der Waals surface area contributed by atoms with Crippen molar-refractivity contribution in [2.24, 2.45) is 11.3 Å². The van der Waals surface area contributed by atoms with Crippen molar-refractivity contribution in [2.45, 2.75) is 59.3 Å². The predicted molar refractivity (Wildman–Crippen MR) is 74.9 cm³/mol. The number of carboxylic acids is 1. The second kappa shape index (κ2) is 6.92. The molecule has 1 unspecified atom stereocenters. The first-order valence-electron chi connectivity index (χ1n) is 7.50. The van der Waals surface area contributed by atoms with E-state index in [1.807, 2.05) is 18.7 Å². The summed E-state index contributed by atoms with van der Waals surface area (Å²) in [5, 5.41) is 9.38. The minimum Gasteiger partial charge on any atom is -0.481 e. The van der Waals surface area contributed by atoms with E-state index < -0.39 is 11.4 Å². The molecular weight excluding hydrogens is 242 g/mol. The summed E-state index contributed by atoms with van der Waals surface area (Å²) in [6.07, 6.45) is 4.55. The molecule has 1 aliphatic rings. The van der Waals surface area contributed by atoms with Gasteiger partial charge in [0.25, 0.3) is 0 Å². The first kappa shape index (κ1) is 16.0. The number of amides is 1. The van der Waals surface area contributed by atoms with Gasteiger partial charge in [0.15, 0.2) is 0 Å². The van der Waals surface area contributed by atoms with Crippen LogP contribution < -0.4 is 0 Å². The minimum absolute atomic E-state index is 0.0182. The fourth-order valence-corrected chi connectivity index (χ4v) is 2.98. The molecule has 110 valence electrons. The van der Waals surface area contributed by atoms with E-state index in [0.717, 1.165) is 32.4 Å². The molecule has 0 aromatic rings. The molecule has 0 aromatic carbocycles. The number of carbonyl (C=O) groups is 2. The number of hydrogen-bond donors (Lipinski definition) is 1. The van der Waals surface area contributed by atoms with Crippen molar-refractivity contribution in [1.29, 1.82) is 0 Å². The average Bonchev–Trinajstić information content (AvgIpc) is 2.84. The van der Waals surface area contributed by atoms with Crippen LogP contribution in [0.2, 0.25) is 0 Å². The van der Waals surface area contributed by atoms with E-state index in [0.29, 0.717) is 18.8 Å². The third kappa shape index (κ3) is 3.71. The molecule has 0 saturated carbocycles. The minimum atomic E-state index is -0.875. The smallest absolute Gasteiger partial charge is 0.310 e. The van der Waals surface area contributed by atoms with E-state index >= 15 is 0 Å². The molecule has 0 radical (unpaired) electrons. The van der Waals surface area contributed by atoms with Gasteiger partial charge >= 0.3 is 5.97 Å². The van der Waals surface area contributed by atoms with Crippen LogP contribution in [0.15, 0.2) is 0 Å². The molecule has 1 N–H and O–H groups in total. The molecule has 1 amide bonds. The lowest BCUT2D eigenvalue weighted by atomic mass is 9.79. The van der Waals surface area contributed by atoms with E-state index in [9.17, 15) is 14.7 Å². The van der Waals surface area contributed by atoms with Crippen molar-refractivity contribution in [3.8, 4) is 0 Å². The molecule has 1 heterocycles. The fraction of sp³-hybridized carbons (Fsp3) is 0.867. The zero-order valence-electron chi connectivity index (χ0n) is 12.4. The second-order valence-corrected chi connectivity index (χ2v) is 5.75. The van der Waals surface area contributed by atoms with E-state index in [2.05, 4.69) is 6.92 Å². The van der Waals surface area contributed by atoms with Crippen LogP contribution in [0.5, 0.6) is 0 Å². The Hall–Kier alpha value is -1.06. The quantitative estimate of drug-likeness (QED) is 0.773. The normalized spacial score (nSPS) is 19.7. The number of rotatable bonds is 7. The van der Waals surface area contributed by atoms with Gasteiger partial charge in [-0.25, -0.2) is 0 Å². The van der Waals surface area contributed by atoms with Gasteiger partial charge in [0.05, 0.1) is 5.41 Å². The summed E-state index contributed by atoms with van der Waals surface area (Å²) >= 11 is 0. The monoisotopic (exact) mass is 269 g/mol. The maximum Gasteiger partial charge on any atom is 0.310 e. The van der Waals surface area contributed by atoms with Crippen LogP contribution in [0.3, 0.4) is 0 Å². The molecule has 0 aliphatic carbocycles. The van der Waals surface area contributed by atoms with E-state index in [1.54, 1.807) is 0 Å². The predicted octanol–water partition coefficient (Wildman–Crippen LogP) is 2.92. The lowest BCUT2D eigenvalue weighted by molar-refractivity contribution is -0.154. The van der Waals surface area contributed by atoms with Gasteiger partial charge in [-0.15, -0.1) is 0 Å². The topological polar surface area (TPSA) is 57.6 Å². The molecule has 4 heteroatoms. The molecule has 0 bridgehead atoms. The number of nitrogens with zero attached hydrogens (tertiary/aromatic N) is 1. The summed E-state index contributed by atoms with van der Waals surface area (Å²) in [6, 6.07) is 0. The zero-order chi connectivity index (χ0) is 14.5. The van der Waals surface area contributed by atoms with Gasteiger partial charge in [-0.3, -0.25) is 9.59 Å². The Bertz CT molecular complexity index is 323. The van der Waals surface area contributed by atoms with Crippen molar-refractivity contribution < 1.29 is 14.7 Å². The third-order valence-electron chi connectivity index (χ3n) is 4.63. The highest BCUT2D eigenvalue weighted by molar-refractivity contribution is 5.85. The Morgan fingerprint density at radius 1 is 1.26 bits per heavy atom. The van der Waals surface area contributed by atoms with Crippen molar-refractivity contribution in [2.75, 3.05) is 13.1 Å². The van der Waals surface area contributed by atoms with Gasteiger partial charge in [0, 0.05) is 19.5 Å². The van der Waals surface area contributed by atoms with Crippen molar-refractivity contribution in [3.63, 3.8) is 0 Å². The van der Waals surface area contributed by atoms with Gasteiger partial charge < -0.3 is 10.0 Å². The standard InChI is InChI=1S/C15H27NO3/c1-4-7-12-8-9-16(11-12)13(17)10-15(5-2,6-3)14(18)19/h12H,4-11H2,1-3H3,(H,18,19). The van der Waals surface area contributed by atoms with Gasteiger partial charge in [-0.2, -0.15) is 0 Å². The molecule has 0 aromatic heterocycles. The van der Waals surface area contributed by atoms with E-state index in [4.69, 9.17) is 0 Å². The van der Waals surface area contributed by atoms with Crippen LogP contribution in [0.25, 0.3) is 0 Å². The maximum atomic E-state index is 12.3. The first-order valence-corrected chi connectivity index (χ1v) is 7.50. The lowest BCUT2D eigenvalue weighted by Gasteiger charge is -2.28. The highest BCUT2D eigenvalue weighted by atomic mass is 16.4. The molecule has 1 saturated heterocycles. The summed E-state index contributed by atoms with van der Waals surface area (Å²) in [6.45, 7) is 7.49. The SMILES string of the molecule is CCCC1CCN(C(=O)CC(CC)(CC)C(=O)O)C1.